The van der Waals surface area contributed by atoms with E-state index >= 15 is 0 Å². The van der Waals surface area contributed by atoms with Crippen LogP contribution in [0.1, 0.15) is 64.7 Å². The highest BCUT2D eigenvalue weighted by Gasteiger charge is 1.89. The Morgan fingerprint density at radius 1 is 0.933 bits per heavy atom. The predicted molar refractivity (Wildman–Crippen MR) is 68.8 cm³/mol. The summed E-state index contributed by atoms with van der Waals surface area (Å²) in [6, 6.07) is 0. The second-order valence-electron chi connectivity index (χ2n) is 4.03. The quantitative estimate of drug-likeness (QED) is 0.261. The molecule has 0 rings (SSSR count). The van der Waals surface area contributed by atoms with Gasteiger partial charge in [0.05, 0.1) is 0 Å². The molecule has 0 saturated carbocycles. The zero-order chi connectivity index (χ0) is 11.2. The SMILES string of the molecule is [CH]=C=CC=CCCCCCCCCCC. The van der Waals surface area contributed by atoms with E-state index in [-0.39, 0.29) is 0 Å². The second kappa shape index (κ2) is 13.3. The number of hydrogen-bond donors (Lipinski definition) is 0. The number of hydrogen-bond acceptors (Lipinski definition) is 0. The molecule has 0 aliphatic heterocycles. The number of allylic oxidation sites excluding steroid dienone is 3. The Kier molecular flexibility index (Phi) is 12.6. The maximum absolute atomic E-state index is 5.09. The molecular weight excluding hydrogens is 180 g/mol. The van der Waals surface area contributed by atoms with Crippen LogP contribution in [0.25, 0.3) is 0 Å². The van der Waals surface area contributed by atoms with Gasteiger partial charge in [-0.2, -0.15) is 0 Å². The molecule has 0 unspecified atom stereocenters. The molecule has 0 aromatic carbocycles. The van der Waals surface area contributed by atoms with E-state index in [1.54, 1.807) is 6.08 Å². The normalized spacial score (nSPS) is 10.5. The lowest BCUT2D eigenvalue weighted by Gasteiger charge is -1.99. The van der Waals surface area contributed by atoms with Gasteiger partial charge >= 0.3 is 0 Å². The smallest absolute Gasteiger partial charge is 0.0123 e. The van der Waals surface area contributed by atoms with E-state index in [2.05, 4.69) is 18.7 Å². The molecule has 0 N–H and O–H groups in total. The van der Waals surface area contributed by atoms with Crippen molar-refractivity contribution in [1.82, 2.24) is 0 Å². The maximum Gasteiger partial charge on any atom is -0.0123 e. The first kappa shape index (κ1) is 14.3. The van der Waals surface area contributed by atoms with Crippen LogP contribution in [0.2, 0.25) is 0 Å². The van der Waals surface area contributed by atoms with Crippen LogP contribution in [0, 0.1) is 6.58 Å². The van der Waals surface area contributed by atoms with Gasteiger partial charge in [-0.15, -0.1) is 5.73 Å². The summed E-state index contributed by atoms with van der Waals surface area (Å²) in [7, 11) is 0. The number of unbranched alkanes of at least 4 members (excludes halogenated alkanes) is 8. The van der Waals surface area contributed by atoms with Gasteiger partial charge in [-0.05, 0) is 25.5 Å². The first-order valence-electron chi connectivity index (χ1n) is 6.36. The van der Waals surface area contributed by atoms with E-state index in [1.807, 2.05) is 6.08 Å². The highest BCUT2D eigenvalue weighted by atomic mass is 14.0. The lowest BCUT2D eigenvalue weighted by atomic mass is 10.1. The van der Waals surface area contributed by atoms with Crippen LogP contribution in [0.15, 0.2) is 24.0 Å². The third-order valence-electron chi connectivity index (χ3n) is 2.55. The predicted octanol–water partition coefficient (Wildman–Crippen LogP) is 5.22. The molecule has 85 valence electrons. The van der Waals surface area contributed by atoms with Crippen molar-refractivity contribution in [2.45, 2.75) is 64.7 Å². The first-order chi connectivity index (χ1) is 7.41. The summed E-state index contributed by atoms with van der Waals surface area (Å²) >= 11 is 0. The van der Waals surface area contributed by atoms with Crippen LogP contribution < -0.4 is 0 Å². The van der Waals surface area contributed by atoms with Gasteiger partial charge in [0.25, 0.3) is 0 Å². The van der Waals surface area contributed by atoms with E-state index in [0.717, 1.165) is 0 Å². The van der Waals surface area contributed by atoms with E-state index < -0.39 is 0 Å². The van der Waals surface area contributed by atoms with Gasteiger partial charge in [-0.1, -0.05) is 64.0 Å². The highest BCUT2D eigenvalue weighted by Crippen LogP contribution is 2.09. The lowest BCUT2D eigenvalue weighted by Crippen LogP contribution is -1.79. The molecule has 0 fully saturated rings. The monoisotopic (exact) mass is 205 g/mol. The third-order valence-corrected chi connectivity index (χ3v) is 2.55. The zero-order valence-corrected chi connectivity index (χ0v) is 10.2. The Bertz CT molecular complexity index is 182. The molecule has 0 aromatic heterocycles. The van der Waals surface area contributed by atoms with Crippen LogP contribution in [-0.4, -0.2) is 0 Å². The van der Waals surface area contributed by atoms with Crippen LogP contribution in [0.5, 0.6) is 0 Å². The largest absolute Gasteiger partial charge is 0.120 e. The Morgan fingerprint density at radius 3 is 2.13 bits per heavy atom. The van der Waals surface area contributed by atoms with Crippen molar-refractivity contribution in [3.8, 4) is 0 Å². The van der Waals surface area contributed by atoms with E-state index in [0.29, 0.717) is 0 Å². The standard InChI is InChI=1S/C15H25/c1-3-5-7-9-11-13-15-14-12-10-8-6-4-2/h1,5,7,9H,4,6,8,10-15H2,2H3. The summed E-state index contributed by atoms with van der Waals surface area (Å²) in [5.74, 6) is 0. The summed E-state index contributed by atoms with van der Waals surface area (Å²) in [5, 5.41) is 0. The van der Waals surface area contributed by atoms with Gasteiger partial charge < -0.3 is 0 Å². The van der Waals surface area contributed by atoms with Crippen LogP contribution in [0.3, 0.4) is 0 Å². The van der Waals surface area contributed by atoms with Crippen molar-refractivity contribution >= 4 is 0 Å². The summed E-state index contributed by atoms with van der Waals surface area (Å²) < 4.78 is 0. The lowest BCUT2D eigenvalue weighted by molar-refractivity contribution is 0.577. The topological polar surface area (TPSA) is 0 Å². The molecule has 1 radical (unpaired) electrons. The van der Waals surface area contributed by atoms with Crippen LogP contribution in [0.4, 0.5) is 0 Å². The van der Waals surface area contributed by atoms with Gasteiger partial charge in [0, 0.05) is 0 Å². The number of rotatable bonds is 10. The fourth-order valence-electron chi connectivity index (χ4n) is 1.62. The molecule has 0 saturated heterocycles. The molecule has 0 aliphatic carbocycles. The average molecular weight is 205 g/mol. The molecule has 0 aliphatic rings. The van der Waals surface area contributed by atoms with Crippen molar-refractivity contribution in [2.75, 3.05) is 0 Å². The minimum absolute atomic E-state index is 1.17. The Balaban J connectivity index is 3.01. The molecular formula is C15H25. The second-order valence-corrected chi connectivity index (χ2v) is 4.03. The molecule has 0 nitrogen and oxygen atoms in total. The minimum atomic E-state index is 1.17. The fourth-order valence-corrected chi connectivity index (χ4v) is 1.62. The van der Waals surface area contributed by atoms with Crippen molar-refractivity contribution < 1.29 is 0 Å². The summed E-state index contributed by atoms with van der Waals surface area (Å²) in [4.78, 5) is 0. The van der Waals surface area contributed by atoms with Crippen molar-refractivity contribution in [2.24, 2.45) is 0 Å². The zero-order valence-electron chi connectivity index (χ0n) is 10.2. The van der Waals surface area contributed by atoms with Gasteiger partial charge in [0.1, 0.15) is 0 Å². The minimum Gasteiger partial charge on any atom is -0.120 e. The molecule has 0 heterocycles. The summed E-state index contributed by atoms with van der Waals surface area (Å²) in [6.07, 6.45) is 18.2. The van der Waals surface area contributed by atoms with Gasteiger partial charge in [0.2, 0.25) is 0 Å². The van der Waals surface area contributed by atoms with Gasteiger partial charge in [0.15, 0.2) is 0 Å². The molecule has 15 heavy (non-hydrogen) atoms. The molecule has 0 atom stereocenters. The summed E-state index contributed by atoms with van der Waals surface area (Å²) in [6.45, 7) is 7.36. The molecule has 0 aromatic rings. The highest BCUT2D eigenvalue weighted by molar-refractivity contribution is 4.99. The van der Waals surface area contributed by atoms with E-state index in [1.165, 1.54) is 57.8 Å². The molecule has 0 spiro atoms. The molecule has 0 amide bonds. The maximum atomic E-state index is 5.09. The Hall–Kier alpha value is -0.740. The van der Waals surface area contributed by atoms with Crippen molar-refractivity contribution in [3.63, 3.8) is 0 Å². The van der Waals surface area contributed by atoms with Crippen LogP contribution >= 0.6 is 0 Å². The van der Waals surface area contributed by atoms with E-state index in [9.17, 15) is 0 Å². The van der Waals surface area contributed by atoms with Crippen molar-refractivity contribution in [3.05, 3.63) is 30.5 Å². The Labute approximate surface area is 95.8 Å². The van der Waals surface area contributed by atoms with Gasteiger partial charge in [-0.3, -0.25) is 0 Å². The molecule has 0 heteroatoms. The van der Waals surface area contributed by atoms with Gasteiger partial charge in [-0.25, -0.2) is 0 Å². The molecule has 0 bridgehead atoms. The fraction of sp³-hybridized carbons (Fsp3) is 0.667. The van der Waals surface area contributed by atoms with E-state index in [4.69, 9.17) is 6.58 Å². The third kappa shape index (κ3) is 13.3. The first-order valence-corrected chi connectivity index (χ1v) is 6.36. The average Bonchev–Trinajstić information content (AvgIpc) is 2.26. The summed E-state index contributed by atoms with van der Waals surface area (Å²) in [5.41, 5.74) is 2.49. The Morgan fingerprint density at radius 2 is 1.53 bits per heavy atom. The van der Waals surface area contributed by atoms with Crippen molar-refractivity contribution in [1.29, 1.82) is 0 Å². The van der Waals surface area contributed by atoms with Crippen LogP contribution in [-0.2, 0) is 0 Å².